The van der Waals surface area contributed by atoms with Crippen molar-refractivity contribution in [3.8, 4) is 23.3 Å². The van der Waals surface area contributed by atoms with Crippen LogP contribution in [0.25, 0.3) is 12.2 Å². The van der Waals surface area contributed by atoms with Crippen LogP contribution >= 0.6 is 0 Å². The molecule has 0 unspecified atom stereocenters. The van der Waals surface area contributed by atoms with Crippen molar-refractivity contribution in [1.82, 2.24) is 0 Å². The molecule has 0 saturated heterocycles. The number of esters is 1. The zero-order valence-electron chi connectivity index (χ0n) is 17.0. The van der Waals surface area contributed by atoms with Crippen LogP contribution in [0.5, 0.6) is 17.2 Å². The predicted octanol–water partition coefficient (Wildman–Crippen LogP) is 5.43. The molecular formula is C26H21NO4. The summed E-state index contributed by atoms with van der Waals surface area (Å²) >= 11 is 0. The Bertz CT molecular complexity index is 1110. The van der Waals surface area contributed by atoms with E-state index in [1.54, 1.807) is 30.4 Å². The van der Waals surface area contributed by atoms with Crippen LogP contribution in [0.3, 0.4) is 0 Å². The summed E-state index contributed by atoms with van der Waals surface area (Å²) in [6, 6.07) is 24.3. The molecule has 31 heavy (non-hydrogen) atoms. The van der Waals surface area contributed by atoms with Gasteiger partial charge in [0.25, 0.3) is 0 Å². The van der Waals surface area contributed by atoms with E-state index in [9.17, 15) is 4.79 Å². The van der Waals surface area contributed by atoms with Gasteiger partial charge in [0.05, 0.1) is 13.2 Å². The molecule has 0 amide bonds. The lowest BCUT2D eigenvalue weighted by molar-refractivity contribution is -0.129. The second-order valence-electron chi connectivity index (χ2n) is 6.47. The third-order valence-electron chi connectivity index (χ3n) is 4.29. The van der Waals surface area contributed by atoms with E-state index in [0.717, 1.165) is 22.4 Å². The van der Waals surface area contributed by atoms with Gasteiger partial charge in [-0.3, -0.25) is 0 Å². The summed E-state index contributed by atoms with van der Waals surface area (Å²) in [5.41, 5.74) is 2.70. The minimum Gasteiger partial charge on any atom is -0.493 e. The van der Waals surface area contributed by atoms with Crippen LogP contribution in [-0.2, 0) is 11.4 Å². The number of hydrogen-bond donors (Lipinski definition) is 0. The van der Waals surface area contributed by atoms with Crippen LogP contribution in [0, 0.1) is 11.3 Å². The molecule has 0 atom stereocenters. The van der Waals surface area contributed by atoms with Gasteiger partial charge in [-0.05, 0) is 53.1 Å². The van der Waals surface area contributed by atoms with Gasteiger partial charge in [0.2, 0.25) is 0 Å². The van der Waals surface area contributed by atoms with E-state index in [1.165, 1.54) is 19.3 Å². The fourth-order valence-electron chi connectivity index (χ4n) is 2.73. The minimum absolute atomic E-state index is 0.302. The van der Waals surface area contributed by atoms with Crippen molar-refractivity contribution in [1.29, 1.82) is 5.26 Å². The van der Waals surface area contributed by atoms with E-state index < -0.39 is 5.97 Å². The van der Waals surface area contributed by atoms with E-state index in [2.05, 4.69) is 0 Å². The van der Waals surface area contributed by atoms with Crippen molar-refractivity contribution in [2.24, 2.45) is 0 Å². The number of carbonyl (C=O) groups is 1. The predicted molar refractivity (Wildman–Crippen MR) is 120 cm³/mol. The van der Waals surface area contributed by atoms with Crippen LogP contribution in [0.15, 0.2) is 84.9 Å². The van der Waals surface area contributed by atoms with Gasteiger partial charge in [-0.25, -0.2) is 4.79 Å². The molecule has 0 radical (unpaired) electrons. The van der Waals surface area contributed by atoms with Crippen LogP contribution in [-0.4, -0.2) is 13.1 Å². The Kier molecular flexibility index (Phi) is 7.62. The summed E-state index contributed by atoms with van der Waals surface area (Å²) in [5, 5.41) is 8.62. The number of methoxy groups -OCH3 is 1. The van der Waals surface area contributed by atoms with E-state index in [-0.39, 0.29) is 0 Å². The Morgan fingerprint density at radius 3 is 2.39 bits per heavy atom. The number of nitriles is 1. The lowest BCUT2D eigenvalue weighted by atomic mass is 10.2. The average molecular weight is 411 g/mol. The van der Waals surface area contributed by atoms with Crippen molar-refractivity contribution in [2.45, 2.75) is 6.61 Å². The largest absolute Gasteiger partial charge is 0.493 e. The summed E-state index contributed by atoms with van der Waals surface area (Å²) in [6.45, 7) is 0.495. The van der Waals surface area contributed by atoms with Crippen LogP contribution in [0.4, 0.5) is 0 Å². The molecule has 3 aromatic rings. The van der Waals surface area contributed by atoms with Gasteiger partial charge >= 0.3 is 5.97 Å². The summed E-state index contributed by atoms with van der Waals surface area (Å²) < 4.78 is 16.4. The monoisotopic (exact) mass is 411 g/mol. The minimum atomic E-state index is -0.525. The van der Waals surface area contributed by atoms with Crippen LogP contribution in [0.1, 0.15) is 16.7 Å². The molecule has 5 heteroatoms. The Morgan fingerprint density at radius 2 is 1.68 bits per heavy atom. The number of hydrogen-bond acceptors (Lipinski definition) is 5. The summed E-state index contributed by atoms with van der Waals surface area (Å²) in [6.07, 6.45) is 6.02. The number of rotatable bonds is 8. The molecule has 3 aromatic carbocycles. The maximum atomic E-state index is 12.2. The average Bonchev–Trinajstić information content (AvgIpc) is 2.82. The molecule has 0 aliphatic heterocycles. The van der Waals surface area contributed by atoms with Gasteiger partial charge in [0.15, 0.2) is 11.5 Å². The normalized spacial score (nSPS) is 10.7. The summed E-state index contributed by atoms with van der Waals surface area (Å²) in [5.74, 6) is 0.930. The highest BCUT2D eigenvalue weighted by atomic mass is 16.6. The first-order valence-electron chi connectivity index (χ1n) is 9.59. The maximum absolute atomic E-state index is 12.2. The Hall–Kier alpha value is -4.30. The van der Waals surface area contributed by atoms with E-state index >= 15 is 0 Å². The number of benzene rings is 3. The molecule has 0 aliphatic carbocycles. The number of allylic oxidation sites excluding steroid dienone is 1. The number of nitrogens with zero attached hydrogens (tertiary/aromatic N) is 1. The molecular weight excluding hydrogens is 390 g/mol. The van der Waals surface area contributed by atoms with E-state index in [0.29, 0.717) is 18.1 Å². The third kappa shape index (κ3) is 6.62. The van der Waals surface area contributed by atoms with Gasteiger partial charge in [-0.1, -0.05) is 48.5 Å². The molecule has 0 aliphatic rings. The quantitative estimate of drug-likeness (QED) is 0.214. The lowest BCUT2D eigenvalue weighted by Gasteiger charge is -2.08. The van der Waals surface area contributed by atoms with Crippen molar-refractivity contribution in [3.63, 3.8) is 0 Å². The van der Waals surface area contributed by atoms with Gasteiger partial charge in [0.1, 0.15) is 12.4 Å². The molecule has 0 heterocycles. The summed E-state index contributed by atoms with van der Waals surface area (Å²) in [7, 11) is 1.49. The standard InChI is InChI=1S/C26H21NO4/c1-29-25-18-21(8-5-17-27)11-15-24(25)31-26(28)16-12-20-9-13-23(14-10-20)30-19-22-6-3-2-4-7-22/h2-16,18H,19H2,1H3/b8-5-,16-12+. The highest BCUT2D eigenvalue weighted by Gasteiger charge is 2.08. The summed E-state index contributed by atoms with van der Waals surface area (Å²) in [4.78, 5) is 12.2. The second kappa shape index (κ2) is 11.0. The smallest absolute Gasteiger partial charge is 0.336 e. The van der Waals surface area contributed by atoms with Gasteiger partial charge in [-0.2, -0.15) is 5.26 Å². The van der Waals surface area contributed by atoms with E-state index in [4.69, 9.17) is 19.5 Å². The molecule has 0 bridgehead atoms. The van der Waals surface area contributed by atoms with Gasteiger partial charge < -0.3 is 14.2 Å². The lowest BCUT2D eigenvalue weighted by Crippen LogP contribution is -2.05. The first-order chi connectivity index (χ1) is 15.2. The molecule has 3 rings (SSSR count). The Labute approximate surface area is 181 Å². The van der Waals surface area contributed by atoms with Crippen molar-refractivity contribution >= 4 is 18.1 Å². The fourth-order valence-corrected chi connectivity index (χ4v) is 2.73. The zero-order chi connectivity index (χ0) is 21.9. The van der Waals surface area contributed by atoms with Crippen LogP contribution < -0.4 is 14.2 Å². The number of ether oxygens (including phenoxy) is 3. The van der Waals surface area contributed by atoms with Crippen LogP contribution in [0.2, 0.25) is 0 Å². The van der Waals surface area contributed by atoms with Gasteiger partial charge in [0, 0.05) is 12.2 Å². The molecule has 154 valence electrons. The maximum Gasteiger partial charge on any atom is 0.336 e. The molecule has 5 nitrogen and oxygen atoms in total. The zero-order valence-corrected chi connectivity index (χ0v) is 17.0. The highest BCUT2D eigenvalue weighted by molar-refractivity contribution is 5.89. The first-order valence-corrected chi connectivity index (χ1v) is 9.59. The Balaban J connectivity index is 1.57. The molecule has 0 saturated carbocycles. The molecule has 0 N–H and O–H groups in total. The highest BCUT2D eigenvalue weighted by Crippen LogP contribution is 2.29. The SMILES string of the molecule is COc1cc(/C=C\C#N)ccc1OC(=O)/C=C/c1ccc(OCc2ccccc2)cc1. The molecule has 0 spiro atoms. The third-order valence-corrected chi connectivity index (χ3v) is 4.29. The van der Waals surface area contributed by atoms with Crippen molar-refractivity contribution in [2.75, 3.05) is 7.11 Å². The first kappa shape index (κ1) is 21.4. The van der Waals surface area contributed by atoms with E-state index in [1.807, 2.05) is 60.7 Å². The van der Waals surface area contributed by atoms with Crippen molar-refractivity contribution < 1.29 is 19.0 Å². The number of carbonyl (C=O) groups excluding carboxylic acids is 1. The molecule has 0 fully saturated rings. The second-order valence-corrected chi connectivity index (χ2v) is 6.47. The van der Waals surface area contributed by atoms with Gasteiger partial charge in [-0.15, -0.1) is 0 Å². The Morgan fingerprint density at radius 1 is 0.935 bits per heavy atom. The topological polar surface area (TPSA) is 68.5 Å². The van der Waals surface area contributed by atoms with Crippen molar-refractivity contribution in [3.05, 3.63) is 102 Å². The molecule has 0 aromatic heterocycles. The fraction of sp³-hybridized carbons (Fsp3) is 0.0769.